The number of ether oxygens (including phenoxy) is 1. The molecule has 0 atom stereocenters. The van der Waals surface area contributed by atoms with Gasteiger partial charge < -0.3 is 9.64 Å². The van der Waals surface area contributed by atoms with Gasteiger partial charge in [-0.05, 0) is 23.8 Å². The zero-order valence-corrected chi connectivity index (χ0v) is 14.5. The molecule has 3 aromatic carbocycles. The second-order valence-corrected chi connectivity index (χ2v) is 6.25. The van der Waals surface area contributed by atoms with Crippen LogP contribution in [0, 0.1) is 0 Å². The molecule has 3 aromatic rings. The first-order valence-electron chi connectivity index (χ1n) is 8.41. The first kappa shape index (κ1) is 15.5. The fourth-order valence-corrected chi connectivity index (χ4v) is 3.38. The Balaban J connectivity index is 1.79. The lowest BCUT2D eigenvalue weighted by Crippen LogP contribution is -2.32. The number of para-hydroxylation sites is 1. The predicted molar refractivity (Wildman–Crippen MR) is 103 cm³/mol. The summed E-state index contributed by atoms with van der Waals surface area (Å²) in [5.74, 6) is 0.876. The molecule has 0 saturated heterocycles. The van der Waals surface area contributed by atoms with Crippen molar-refractivity contribution in [3.63, 3.8) is 0 Å². The summed E-state index contributed by atoms with van der Waals surface area (Å²) in [5.41, 5.74) is 6.18. The van der Waals surface area contributed by atoms with Crippen molar-refractivity contribution in [3.05, 3.63) is 78.4 Å². The molecular formula is C22H21N2O+. The molecule has 1 heterocycles. The number of rotatable bonds is 3. The summed E-state index contributed by atoms with van der Waals surface area (Å²) in [6.45, 7) is 0.809. The van der Waals surface area contributed by atoms with Crippen LogP contribution in [-0.2, 0) is 0 Å². The van der Waals surface area contributed by atoms with Crippen LogP contribution in [-0.4, -0.2) is 31.6 Å². The fourth-order valence-electron chi connectivity index (χ4n) is 3.38. The Kier molecular flexibility index (Phi) is 3.98. The summed E-state index contributed by atoms with van der Waals surface area (Å²) < 4.78 is 7.52. The molecule has 4 rings (SSSR count). The van der Waals surface area contributed by atoms with Crippen molar-refractivity contribution in [1.82, 2.24) is 0 Å². The highest BCUT2D eigenvalue weighted by Gasteiger charge is 2.24. The lowest BCUT2D eigenvalue weighted by Gasteiger charge is -2.26. The normalized spacial score (nSPS) is 13.2. The lowest BCUT2D eigenvalue weighted by atomic mass is 9.99. The Morgan fingerprint density at radius 3 is 2.36 bits per heavy atom. The molecule has 124 valence electrons. The molecule has 3 nitrogen and oxygen atoms in total. The molecule has 0 fully saturated rings. The zero-order chi connectivity index (χ0) is 17.2. The van der Waals surface area contributed by atoms with E-state index in [1.165, 1.54) is 22.4 Å². The molecular weight excluding hydrogens is 308 g/mol. The lowest BCUT2D eigenvalue weighted by molar-refractivity contribution is -0.435. The molecule has 0 N–H and O–H groups in total. The number of benzene rings is 3. The first-order valence-corrected chi connectivity index (χ1v) is 8.41. The predicted octanol–water partition coefficient (Wildman–Crippen LogP) is 4.53. The minimum Gasteiger partial charge on any atom is -0.497 e. The molecule has 0 unspecified atom stereocenters. The average molecular weight is 329 g/mol. The number of nitrogens with zero attached hydrogens (tertiary/aromatic N) is 2. The van der Waals surface area contributed by atoms with Gasteiger partial charge in [-0.2, -0.15) is 4.58 Å². The number of methoxy groups -OCH3 is 1. The van der Waals surface area contributed by atoms with E-state index in [2.05, 4.69) is 83.4 Å². The van der Waals surface area contributed by atoms with Crippen molar-refractivity contribution in [2.24, 2.45) is 0 Å². The van der Waals surface area contributed by atoms with Crippen LogP contribution in [0.25, 0.3) is 11.1 Å². The van der Waals surface area contributed by atoms with E-state index in [1.807, 2.05) is 12.1 Å². The summed E-state index contributed by atoms with van der Waals surface area (Å²) in [7, 11) is 3.84. The Bertz CT molecular complexity index is 915. The largest absolute Gasteiger partial charge is 0.497 e. The average Bonchev–Trinajstić information content (AvgIpc) is 2.68. The Morgan fingerprint density at radius 1 is 0.880 bits per heavy atom. The molecule has 3 heteroatoms. The molecule has 1 aliphatic rings. The van der Waals surface area contributed by atoms with Crippen LogP contribution < -0.4 is 9.64 Å². The summed E-state index contributed by atoms with van der Waals surface area (Å²) >= 11 is 0. The first-order chi connectivity index (χ1) is 12.3. The Labute approximate surface area is 148 Å². The molecule has 0 spiro atoms. The van der Waals surface area contributed by atoms with Gasteiger partial charge in [0.1, 0.15) is 5.75 Å². The van der Waals surface area contributed by atoms with Gasteiger partial charge in [0.15, 0.2) is 6.21 Å². The molecule has 1 aliphatic heterocycles. The zero-order valence-electron chi connectivity index (χ0n) is 14.5. The third-order valence-electron chi connectivity index (χ3n) is 4.60. The van der Waals surface area contributed by atoms with Crippen LogP contribution in [0.15, 0.2) is 72.8 Å². The van der Waals surface area contributed by atoms with E-state index in [9.17, 15) is 0 Å². The maximum Gasteiger partial charge on any atom is 0.224 e. The van der Waals surface area contributed by atoms with Crippen molar-refractivity contribution >= 4 is 17.6 Å². The van der Waals surface area contributed by atoms with E-state index in [0.717, 1.165) is 18.1 Å². The van der Waals surface area contributed by atoms with Crippen LogP contribution in [0.1, 0.15) is 5.56 Å². The van der Waals surface area contributed by atoms with E-state index in [-0.39, 0.29) is 0 Å². The molecule has 0 bridgehead atoms. The van der Waals surface area contributed by atoms with E-state index >= 15 is 0 Å². The van der Waals surface area contributed by atoms with Gasteiger partial charge in [0.25, 0.3) is 0 Å². The third-order valence-corrected chi connectivity index (χ3v) is 4.60. The Hall–Kier alpha value is -3.07. The van der Waals surface area contributed by atoms with Crippen molar-refractivity contribution < 1.29 is 9.31 Å². The van der Waals surface area contributed by atoms with Crippen LogP contribution >= 0.6 is 0 Å². The highest BCUT2D eigenvalue weighted by atomic mass is 16.5. The van der Waals surface area contributed by atoms with Crippen molar-refractivity contribution in [2.75, 3.05) is 25.7 Å². The molecule has 0 aliphatic carbocycles. The highest BCUT2D eigenvalue weighted by Crippen LogP contribution is 2.35. The monoisotopic (exact) mass is 329 g/mol. The summed E-state index contributed by atoms with van der Waals surface area (Å²) in [4.78, 5) is 2.31. The highest BCUT2D eigenvalue weighted by molar-refractivity contribution is 5.94. The minimum atomic E-state index is 0.809. The van der Waals surface area contributed by atoms with Gasteiger partial charge in [0.2, 0.25) is 12.4 Å². The van der Waals surface area contributed by atoms with Gasteiger partial charge in [-0.1, -0.05) is 42.5 Å². The number of fused-ring (bicyclic) bond motifs is 1. The van der Waals surface area contributed by atoms with Crippen LogP contribution in [0.2, 0.25) is 0 Å². The van der Waals surface area contributed by atoms with Gasteiger partial charge >= 0.3 is 0 Å². The summed E-state index contributed by atoms with van der Waals surface area (Å²) in [6, 6.07) is 25.2. The second kappa shape index (κ2) is 6.44. The van der Waals surface area contributed by atoms with Crippen molar-refractivity contribution in [3.8, 4) is 16.9 Å². The SMILES string of the molecule is COc1ccc([N+]2=Cc3cccc(-c4ccccc4)c3N(C)C2)cc1. The maximum absolute atomic E-state index is 5.26. The standard InChI is InChI=1S/C22H21N2O/c1-23-16-24(19-11-13-20(25-2)14-12-19)15-18-9-6-10-21(22(18)23)17-7-4-3-5-8-17/h3-15H,16H2,1-2H3/q+1. The minimum absolute atomic E-state index is 0.809. The van der Waals surface area contributed by atoms with E-state index < -0.39 is 0 Å². The third kappa shape index (κ3) is 2.89. The van der Waals surface area contributed by atoms with Crippen LogP contribution in [0.4, 0.5) is 11.4 Å². The fraction of sp³-hybridized carbons (Fsp3) is 0.136. The van der Waals surface area contributed by atoms with Gasteiger partial charge in [-0.25, -0.2) is 0 Å². The van der Waals surface area contributed by atoms with Gasteiger partial charge in [0.05, 0.1) is 18.4 Å². The van der Waals surface area contributed by atoms with Gasteiger partial charge in [-0.15, -0.1) is 0 Å². The quantitative estimate of drug-likeness (QED) is 0.656. The van der Waals surface area contributed by atoms with Crippen LogP contribution in [0.3, 0.4) is 0 Å². The van der Waals surface area contributed by atoms with Gasteiger partial charge in [-0.3, -0.25) is 0 Å². The van der Waals surface area contributed by atoms with Crippen LogP contribution in [0.5, 0.6) is 5.75 Å². The molecule has 0 aromatic heterocycles. The van der Waals surface area contributed by atoms with Crippen molar-refractivity contribution in [2.45, 2.75) is 0 Å². The Morgan fingerprint density at radius 2 is 1.64 bits per heavy atom. The van der Waals surface area contributed by atoms with Crippen molar-refractivity contribution in [1.29, 1.82) is 0 Å². The summed E-state index contributed by atoms with van der Waals surface area (Å²) in [6.07, 6.45) is 2.23. The smallest absolute Gasteiger partial charge is 0.224 e. The maximum atomic E-state index is 5.26. The molecule has 0 amide bonds. The van der Waals surface area contributed by atoms with Gasteiger partial charge in [0, 0.05) is 24.7 Å². The van der Waals surface area contributed by atoms with E-state index in [4.69, 9.17) is 4.74 Å². The molecule has 0 saturated carbocycles. The number of anilines is 1. The topological polar surface area (TPSA) is 15.5 Å². The molecule has 0 radical (unpaired) electrons. The number of hydrogen-bond donors (Lipinski definition) is 0. The summed E-state index contributed by atoms with van der Waals surface area (Å²) in [5, 5.41) is 0. The second-order valence-electron chi connectivity index (χ2n) is 6.25. The van der Waals surface area contributed by atoms with E-state index in [1.54, 1.807) is 7.11 Å². The molecule has 25 heavy (non-hydrogen) atoms. The number of hydrogen-bond acceptors (Lipinski definition) is 2. The van der Waals surface area contributed by atoms with E-state index in [0.29, 0.717) is 0 Å².